The third kappa shape index (κ3) is 3.41. The average molecular weight is 242 g/mol. The van der Waals surface area contributed by atoms with Gasteiger partial charge in [0.05, 0.1) is 25.4 Å². The first kappa shape index (κ1) is 13.3. The average Bonchev–Trinajstić information content (AvgIpc) is 2.73. The number of aliphatic hydroxyl groups is 1. The van der Waals surface area contributed by atoms with E-state index in [9.17, 15) is 5.11 Å². The molecule has 2 fully saturated rings. The van der Waals surface area contributed by atoms with Crippen molar-refractivity contribution >= 4 is 0 Å². The maximum atomic E-state index is 9.95. The first-order valence-corrected chi connectivity index (χ1v) is 6.93. The van der Waals surface area contributed by atoms with Crippen molar-refractivity contribution in [3.63, 3.8) is 0 Å². The van der Waals surface area contributed by atoms with Gasteiger partial charge in [0, 0.05) is 18.6 Å². The first-order valence-electron chi connectivity index (χ1n) is 6.93. The molecule has 0 aromatic carbocycles. The number of hydrogen-bond donors (Lipinski definition) is 2. The summed E-state index contributed by atoms with van der Waals surface area (Å²) in [6.45, 7) is 7.74. The van der Waals surface area contributed by atoms with Crippen molar-refractivity contribution in [3.05, 3.63) is 0 Å². The van der Waals surface area contributed by atoms with Crippen LogP contribution in [0.2, 0.25) is 0 Å². The van der Waals surface area contributed by atoms with E-state index in [1.165, 1.54) is 19.3 Å². The molecule has 100 valence electrons. The van der Waals surface area contributed by atoms with E-state index in [2.05, 4.69) is 24.1 Å². The smallest absolute Gasteiger partial charge is 0.0950 e. The molecule has 0 aromatic rings. The molecule has 0 saturated carbocycles. The number of rotatable bonds is 4. The van der Waals surface area contributed by atoms with E-state index < -0.39 is 0 Å². The van der Waals surface area contributed by atoms with Gasteiger partial charge in [0.1, 0.15) is 0 Å². The van der Waals surface area contributed by atoms with Crippen LogP contribution in [0.1, 0.15) is 33.1 Å². The van der Waals surface area contributed by atoms with Crippen LogP contribution in [0.5, 0.6) is 0 Å². The summed E-state index contributed by atoms with van der Waals surface area (Å²) >= 11 is 0. The van der Waals surface area contributed by atoms with Crippen molar-refractivity contribution in [1.29, 1.82) is 0 Å². The minimum atomic E-state index is -0.319. The molecule has 0 bridgehead atoms. The minimum absolute atomic E-state index is 0.179. The predicted molar refractivity (Wildman–Crippen MR) is 68.1 cm³/mol. The number of ether oxygens (including phenoxy) is 1. The number of aliphatic hydroxyl groups excluding tert-OH is 1. The van der Waals surface area contributed by atoms with Crippen LogP contribution in [0.15, 0.2) is 0 Å². The molecule has 4 nitrogen and oxygen atoms in total. The summed E-state index contributed by atoms with van der Waals surface area (Å²) in [4.78, 5) is 2.40. The lowest BCUT2D eigenvalue weighted by molar-refractivity contribution is 0.0537. The lowest BCUT2D eigenvalue weighted by atomic mass is 10.0. The predicted octanol–water partition coefficient (Wildman–Crippen LogP) is 0.599. The molecule has 2 heterocycles. The largest absolute Gasteiger partial charge is 0.389 e. The molecule has 3 unspecified atom stereocenters. The van der Waals surface area contributed by atoms with E-state index in [-0.39, 0.29) is 12.1 Å². The summed E-state index contributed by atoms with van der Waals surface area (Å²) in [5.74, 6) is 0. The lowest BCUT2D eigenvalue weighted by Gasteiger charge is -2.37. The van der Waals surface area contributed by atoms with Crippen molar-refractivity contribution in [1.82, 2.24) is 10.2 Å². The molecule has 17 heavy (non-hydrogen) atoms. The fourth-order valence-corrected chi connectivity index (χ4v) is 2.91. The zero-order valence-corrected chi connectivity index (χ0v) is 11.1. The highest BCUT2D eigenvalue weighted by Crippen LogP contribution is 2.18. The Hall–Kier alpha value is -0.160. The second-order valence-electron chi connectivity index (χ2n) is 5.61. The Bertz CT molecular complexity index is 229. The van der Waals surface area contributed by atoms with Crippen molar-refractivity contribution < 1.29 is 9.84 Å². The molecule has 0 amide bonds. The second-order valence-corrected chi connectivity index (χ2v) is 5.61. The van der Waals surface area contributed by atoms with E-state index >= 15 is 0 Å². The van der Waals surface area contributed by atoms with Gasteiger partial charge in [-0.15, -0.1) is 0 Å². The zero-order valence-electron chi connectivity index (χ0n) is 11.1. The Morgan fingerprint density at radius 1 is 1.35 bits per heavy atom. The summed E-state index contributed by atoms with van der Waals surface area (Å²) in [5.41, 5.74) is 0. The zero-order chi connectivity index (χ0) is 12.3. The Balaban J connectivity index is 1.91. The first-order chi connectivity index (χ1) is 8.18. The summed E-state index contributed by atoms with van der Waals surface area (Å²) in [5, 5.41) is 13.5. The van der Waals surface area contributed by atoms with Crippen molar-refractivity contribution in [2.24, 2.45) is 0 Å². The van der Waals surface area contributed by atoms with Gasteiger partial charge in [0.15, 0.2) is 0 Å². The van der Waals surface area contributed by atoms with Crippen molar-refractivity contribution in [2.45, 2.75) is 57.3 Å². The van der Waals surface area contributed by atoms with Crippen molar-refractivity contribution in [2.75, 3.05) is 26.3 Å². The van der Waals surface area contributed by atoms with Crippen LogP contribution in [-0.2, 0) is 4.74 Å². The number of hydrogen-bond acceptors (Lipinski definition) is 4. The van der Waals surface area contributed by atoms with E-state index in [0.717, 1.165) is 13.1 Å². The Labute approximate surface area is 104 Å². The molecule has 2 rings (SSSR count). The summed E-state index contributed by atoms with van der Waals surface area (Å²) in [6.07, 6.45) is 3.56. The van der Waals surface area contributed by atoms with Crippen LogP contribution in [0.4, 0.5) is 0 Å². The molecule has 2 N–H and O–H groups in total. The standard InChI is InChI=1S/C13H26N2O2/c1-10(2)15(12-8-17-9-13(12)16)7-11-5-3-4-6-14-11/h10-14,16H,3-9H2,1-2H3. The van der Waals surface area contributed by atoms with Gasteiger partial charge < -0.3 is 15.2 Å². The minimum Gasteiger partial charge on any atom is -0.389 e. The highest BCUT2D eigenvalue weighted by Gasteiger charge is 2.34. The van der Waals surface area contributed by atoms with E-state index in [4.69, 9.17) is 4.74 Å². The maximum absolute atomic E-state index is 9.95. The lowest BCUT2D eigenvalue weighted by Crippen LogP contribution is -2.53. The summed E-state index contributed by atoms with van der Waals surface area (Å²) in [6, 6.07) is 1.22. The third-order valence-electron chi connectivity index (χ3n) is 3.95. The number of piperidine rings is 1. The molecule has 2 aliphatic heterocycles. The topological polar surface area (TPSA) is 44.7 Å². The fraction of sp³-hybridized carbons (Fsp3) is 1.00. The Morgan fingerprint density at radius 3 is 2.71 bits per heavy atom. The number of nitrogens with zero attached hydrogens (tertiary/aromatic N) is 1. The highest BCUT2D eigenvalue weighted by molar-refractivity contribution is 4.88. The maximum Gasteiger partial charge on any atom is 0.0950 e. The molecule has 2 saturated heterocycles. The monoisotopic (exact) mass is 242 g/mol. The van der Waals surface area contributed by atoms with Gasteiger partial charge in [-0.2, -0.15) is 0 Å². The van der Waals surface area contributed by atoms with Crippen LogP contribution < -0.4 is 5.32 Å². The van der Waals surface area contributed by atoms with Gasteiger partial charge in [0.25, 0.3) is 0 Å². The molecule has 0 aromatic heterocycles. The van der Waals surface area contributed by atoms with Crippen LogP contribution in [0, 0.1) is 0 Å². The second kappa shape index (κ2) is 6.14. The summed E-state index contributed by atoms with van der Waals surface area (Å²) < 4.78 is 5.38. The van der Waals surface area contributed by atoms with E-state index in [1.54, 1.807) is 0 Å². The van der Waals surface area contributed by atoms with Crippen LogP contribution in [0.3, 0.4) is 0 Å². The van der Waals surface area contributed by atoms with Gasteiger partial charge in [-0.05, 0) is 33.2 Å². The highest BCUT2D eigenvalue weighted by atomic mass is 16.5. The van der Waals surface area contributed by atoms with Crippen LogP contribution in [-0.4, -0.2) is 60.5 Å². The third-order valence-corrected chi connectivity index (χ3v) is 3.95. The Kier molecular flexibility index (Phi) is 4.79. The van der Waals surface area contributed by atoms with Gasteiger partial charge >= 0.3 is 0 Å². The summed E-state index contributed by atoms with van der Waals surface area (Å²) in [7, 11) is 0. The van der Waals surface area contributed by atoms with Gasteiger partial charge in [-0.1, -0.05) is 6.42 Å². The van der Waals surface area contributed by atoms with Gasteiger partial charge in [0.2, 0.25) is 0 Å². The van der Waals surface area contributed by atoms with Gasteiger partial charge in [-0.3, -0.25) is 4.90 Å². The van der Waals surface area contributed by atoms with Crippen LogP contribution >= 0.6 is 0 Å². The molecule has 2 aliphatic rings. The molecule has 0 spiro atoms. The molecular formula is C13H26N2O2. The SMILES string of the molecule is CC(C)N(CC1CCCCN1)C1COCC1O. The molecular weight excluding hydrogens is 216 g/mol. The molecule has 0 aliphatic carbocycles. The van der Waals surface area contributed by atoms with Gasteiger partial charge in [-0.25, -0.2) is 0 Å². The molecule has 0 radical (unpaired) electrons. The van der Waals surface area contributed by atoms with E-state index in [0.29, 0.717) is 25.3 Å². The van der Waals surface area contributed by atoms with Crippen molar-refractivity contribution in [3.8, 4) is 0 Å². The quantitative estimate of drug-likeness (QED) is 0.758. The number of nitrogens with one attached hydrogen (secondary N) is 1. The normalized spacial score (nSPS) is 34.8. The van der Waals surface area contributed by atoms with Crippen LogP contribution in [0.25, 0.3) is 0 Å². The van der Waals surface area contributed by atoms with E-state index in [1.807, 2.05) is 0 Å². The fourth-order valence-electron chi connectivity index (χ4n) is 2.91. The Morgan fingerprint density at radius 2 is 2.18 bits per heavy atom. The molecule has 3 atom stereocenters. The molecule has 4 heteroatoms.